The Morgan fingerprint density at radius 2 is 1.32 bits per heavy atom. The van der Waals surface area contributed by atoms with Gasteiger partial charge in [-0.1, -0.05) is 81.2 Å². The van der Waals surface area contributed by atoms with Crippen LogP contribution in [0.4, 0.5) is 13.2 Å². The lowest BCUT2D eigenvalue weighted by Crippen LogP contribution is -2.25. The van der Waals surface area contributed by atoms with Gasteiger partial charge in [0.2, 0.25) is 5.82 Å². The van der Waals surface area contributed by atoms with Gasteiger partial charge < -0.3 is 4.74 Å². The van der Waals surface area contributed by atoms with Gasteiger partial charge in [-0.25, -0.2) is 8.78 Å². The fourth-order valence-corrected chi connectivity index (χ4v) is 7.62. The molecule has 0 unspecified atom stereocenters. The average molecular weight is 603 g/mol. The van der Waals surface area contributed by atoms with Gasteiger partial charge in [0.25, 0.3) is 0 Å². The topological polar surface area (TPSA) is 9.23 Å². The van der Waals surface area contributed by atoms with Gasteiger partial charge in [0, 0.05) is 5.56 Å². The number of hydrogen-bond acceptors (Lipinski definition) is 1. The minimum absolute atomic E-state index is 0.0467. The molecular weight excluding hydrogens is 553 g/mol. The van der Waals surface area contributed by atoms with Crippen LogP contribution >= 0.6 is 0 Å². The zero-order chi connectivity index (χ0) is 30.9. The summed E-state index contributed by atoms with van der Waals surface area (Å²) in [7, 11) is 0. The quantitative estimate of drug-likeness (QED) is 0.148. The van der Waals surface area contributed by atoms with E-state index in [1.165, 1.54) is 51.0 Å². The van der Waals surface area contributed by atoms with E-state index in [1.54, 1.807) is 24.3 Å². The Balaban J connectivity index is 1.17. The lowest BCUT2D eigenvalue weighted by atomic mass is 9.68. The first-order valence-electron chi connectivity index (χ1n) is 17.1. The van der Waals surface area contributed by atoms with Crippen LogP contribution in [0.1, 0.15) is 109 Å². The lowest BCUT2D eigenvalue weighted by Gasteiger charge is -2.37. The van der Waals surface area contributed by atoms with Crippen LogP contribution in [-0.2, 0) is 0 Å². The Labute approximate surface area is 262 Å². The second kappa shape index (κ2) is 15.8. The SMILES string of the molecule is C/C=C/C1CCC(C2CCC(c3ccc(-c4ccc(-c5ccc(OCCCCCCC)c(F)c5F)cc4)cc3F)CC2)CC1. The van der Waals surface area contributed by atoms with Gasteiger partial charge in [-0.15, -0.1) is 0 Å². The van der Waals surface area contributed by atoms with Crippen molar-refractivity contribution in [1.29, 1.82) is 0 Å². The number of hydrogen-bond donors (Lipinski definition) is 0. The van der Waals surface area contributed by atoms with E-state index in [9.17, 15) is 8.78 Å². The summed E-state index contributed by atoms with van der Waals surface area (Å²) in [6.45, 7) is 4.65. The molecule has 0 amide bonds. The second-order valence-corrected chi connectivity index (χ2v) is 13.1. The van der Waals surface area contributed by atoms with E-state index in [1.807, 2.05) is 24.3 Å². The standard InChI is InChI=1S/C40H49F3O/c1-3-5-6-7-8-26-44-38-25-24-36(39(42)40(38)43)33-20-16-31(17-21-33)34-22-23-35(37(41)27-34)32-18-14-30(15-19-32)29-12-10-28(9-4-2)11-13-29/h4,9,16-17,20-25,27-30,32H,3,5-8,10-15,18-19,26H2,1-2H3/b9-4+. The van der Waals surface area contributed by atoms with Crippen molar-refractivity contribution in [1.82, 2.24) is 0 Å². The molecule has 236 valence electrons. The van der Waals surface area contributed by atoms with Crippen molar-refractivity contribution in [2.45, 2.75) is 103 Å². The van der Waals surface area contributed by atoms with Crippen LogP contribution in [0.5, 0.6) is 5.75 Å². The van der Waals surface area contributed by atoms with Gasteiger partial charge in [-0.05, 0) is 129 Å². The molecule has 2 fully saturated rings. The number of benzene rings is 3. The van der Waals surface area contributed by atoms with Crippen molar-refractivity contribution in [2.24, 2.45) is 17.8 Å². The minimum atomic E-state index is -0.955. The van der Waals surface area contributed by atoms with Crippen molar-refractivity contribution in [2.75, 3.05) is 6.61 Å². The first-order chi connectivity index (χ1) is 21.5. The molecule has 4 heteroatoms. The van der Waals surface area contributed by atoms with Crippen molar-refractivity contribution >= 4 is 0 Å². The third kappa shape index (κ3) is 7.98. The van der Waals surface area contributed by atoms with E-state index in [-0.39, 0.29) is 23.0 Å². The third-order valence-corrected chi connectivity index (χ3v) is 10.2. The summed E-state index contributed by atoms with van der Waals surface area (Å²) in [5.74, 6) is 0.631. The van der Waals surface area contributed by atoms with Gasteiger partial charge in [0.05, 0.1) is 6.61 Å². The Hall–Kier alpha value is -3.01. The highest BCUT2D eigenvalue weighted by Crippen LogP contribution is 2.45. The van der Waals surface area contributed by atoms with Crippen molar-refractivity contribution < 1.29 is 17.9 Å². The van der Waals surface area contributed by atoms with Crippen LogP contribution in [0.3, 0.4) is 0 Å². The van der Waals surface area contributed by atoms with E-state index in [0.29, 0.717) is 12.2 Å². The predicted octanol–water partition coefficient (Wildman–Crippen LogP) is 12.4. The summed E-state index contributed by atoms with van der Waals surface area (Å²) >= 11 is 0. The van der Waals surface area contributed by atoms with E-state index in [4.69, 9.17) is 4.74 Å². The molecule has 2 aliphatic carbocycles. The molecular formula is C40H49F3O. The van der Waals surface area contributed by atoms with Gasteiger partial charge in [0.15, 0.2) is 11.6 Å². The molecule has 0 spiro atoms. The predicted molar refractivity (Wildman–Crippen MR) is 176 cm³/mol. The molecule has 0 aromatic heterocycles. The van der Waals surface area contributed by atoms with Crippen molar-refractivity contribution in [3.63, 3.8) is 0 Å². The molecule has 5 rings (SSSR count). The molecule has 0 radical (unpaired) electrons. The molecule has 0 bridgehead atoms. The average Bonchev–Trinajstić information content (AvgIpc) is 3.05. The van der Waals surface area contributed by atoms with E-state index < -0.39 is 11.6 Å². The van der Waals surface area contributed by atoms with E-state index >= 15 is 4.39 Å². The maximum Gasteiger partial charge on any atom is 0.201 e. The number of halogens is 3. The summed E-state index contributed by atoms with van der Waals surface area (Å²) in [4.78, 5) is 0. The first kappa shape index (κ1) is 32.4. The molecule has 0 aliphatic heterocycles. The van der Waals surface area contributed by atoms with Gasteiger partial charge in [0.1, 0.15) is 5.82 Å². The summed E-state index contributed by atoms with van der Waals surface area (Å²) in [5.41, 5.74) is 3.23. The van der Waals surface area contributed by atoms with Gasteiger partial charge in [-0.3, -0.25) is 0 Å². The summed E-state index contributed by atoms with van der Waals surface area (Å²) in [6.07, 6.45) is 19.7. The van der Waals surface area contributed by atoms with Gasteiger partial charge in [-0.2, -0.15) is 4.39 Å². The zero-order valence-electron chi connectivity index (χ0n) is 26.6. The lowest BCUT2D eigenvalue weighted by molar-refractivity contribution is 0.171. The Morgan fingerprint density at radius 3 is 1.98 bits per heavy atom. The maximum atomic E-state index is 15.4. The fraction of sp³-hybridized carbons (Fsp3) is 0.500. The highest BCUT2D eigenvalue weighted by molar-refractivity contribution is 5.71. The van der Waals surface area contributed by atoms with Crippen LogP contribution in [0.25, 0.3) is 22.3 Å². The van der Waals surface area contributed by atoms with Crippen LogP contribution in [0.15, 0.2) is 66.7 Å². The van der Waals surface area contributed by atoms with Crippen molar-refractivity contribution in [3.8, 4) is 28.0 Å². The second-order valence-electron chi connectivity index (χ2n) is 13.1. The summed E-state index contributed by atoms with van der Waals surface area (Å²) in [5, 5.41) is 0. The highest BCUT2D eigenvalue weighted by Gasteiger charge is 2.31. The molecule has 3 aromatic carbocycles. The number of allylic oxidation sites excluding steroid dienone is 2. The van der Waals surface area contributed by atoms with Gasteiger partial charge >= 0.3 is 0 Å². The summed E-state index contributed by atoms with van der Waals surface area (Å²) < 4.78 is 50.7. The molecule has 3 aromatic rings. The van der Waals surface area contributed by atoms with Crippen LogP contribution in [0, 0.1) is 35.2 Å². The molecule has 1 nitrogen and oxygen atoms in total. The Morgan fingerprint density at radius 1 is 0.682 bits per heavy atom. The molecule has 2 aliphatic rings. The largest absolute Gasteiger partial charge is 0.490 e. The number of rotatable bonds is 12. The zero-order valence-corrected chi connectivity index (χ0v) is 26.6. The first-order valence-corrected chi connectivity index (χ1v) is 17.1. The minimum Gasteiger partial charge on any atom is -0.490 e. The van der Waals surface area contributed by atoms with E-state index in [2.05, 4.69) is 26.0 Å². The highest BCUT2D eigenvalue weighted by atomic mass is 19.2. The van der Waals surface area contributed by atoms with Crippen molar-refractivity contribution in [3.05, 3.63) is 89.8 Å². The number of unbranched alkanes of at least 4 members (excludes halogenated alkanes) is 4. The molecule has 44 heavy (non-hydrogen) atoms. The van der Waals surface area contributed by atoms with Crippen LogP contribution in [0.2, 0.25) is 0 Å². The smallest absolute Gasteiger partial charge is 0.201 e. The molecule has 2 saturated carbocycles. The maximum absolute atomic E-state index is 15.4. The monoisotopic (exact) mass is 602 g/mol. The normalized spacial score (nSPS) is 22.4. The van der Waals surface area contributed by atoms with Crippen LogP contribution in [-0.4, -0.2) is 6.61 Å². The van der Waals surface area contributed by atoms with Crippen LogP contribution < -0.4 is 4.74 Å². The Kier molecular flexibility index (Phi) is 11.6. The number of ether oxygens (including phenoxy) is 1. The molecule has 0 N–H and O–H groups in total. The molecule has 0 saturated heterocycles. The molecule has 0 heterocycles. The van der Waals surface area contributed by atoms with E-state index in [0.717, 1.165) is 73.0 Å². The summed E-state index contributed by atoms with van der Waals surface area (Å²) in [6, 6.07) is 15.9. The third-order valence-electron chi connectivity index (χ3n) is 10.2. The Bertz CT molecular complexity index is 1360. The fourth-order valence-electron chi connectivity index (χ4n) is 7.62. The molecule has 0 atom stereocenters.